The summed E-state index contributed by atoms with van der Waals surface area (Å²) in [6, 6.07) is 18.2. The minimum Gasteiger partial charge on any atom is -0.356 e. The summed E-state index contributed by atoms with van der Waals surface area (Å²) in [5.74, 6) is 1.76. The van der Waals surface area contributed by atoms with Gasteiger partial charge in [0.2, 0.25) is 0 Å². The molecule has 6 nitrogen and oxygen atoms in total. The molecule has 5 rings (SSSR count). The summed E-state index contributed by atoms with van der Waals surface area (Å²) in [7, 11) is 0. The summed E-state index contributed by atoms with van der Waals surface area (Å²) < 4.78 is 2.22. The lowest BCUT2D eigenvalue weighted by Gasteiger charge is -2.20. The molecular weight excluding hydrogens is 386 g/mol. The summed E-state index contributed by atoms with van der Waals surface area (Å²) in [4.78, 5) is 24.8. The standard InChI is InChI=1S/C25H27N5O/c1-18-27-22-11-4-5-12-23(22)30(18)16-8-13-26-25(31)20-17-19-9-2-3-10-21(19)28-24(20)29-14-6-7-15-29/h2-5,9-12,17H,6-8,13-16H2,1H3,(H,26,31). The minimum atomic E-state index is -0.0487. The SMILES string of the molecule is Cc1nc2ccccc2n1CCCNC(=O)c1cc2ccccc2nc1N1CCCC1. The number of hydrogen-bond acceptors (Lipinski definition) is 4. The number of carbonyl (C=O) groups is 1. The van der Waals surface area contributed by atoms with Gasteiger partial charge >= 0.3 is 0 Å². The quantitative estimate of drug-likeness (QED) is 0.479. The first-order valence-electron chi connectivity index (χ1n) is 11.1. The van der Waals surface area contributed by atoms with Crippen molar-refractivity contribution in [3.05, 3.63) is 66.0 Å². The number of hydrogen-bond donors (Lipinski definition) is 1. The molecule has 1 aliphatic heterocycles. The lowest BCUT2D eigenvalue weighted by molar-refractivity contribution is 0.0953. The average molecular weight is 414 g/mol. The Morgan fingerprint density at radius 1 is 1.00 bits per heavy atom. The Kier molecular flexibility index (Phi) is 5.28. The van der Waals surface area contributed by atoms with Crippen molar-refractivity contribution in [1.29, 1.82) is 0 Å². The van der Waals surface area contributed by atoms with Crippen LogP contribution in [0.5, 0.6) is 0 Å². The van der Waals surface area contributed by atoms with Gasteiger partial charge in [-0.25, -0.2) is 9.97 Å². The zero-order valence-electron chi connectivity index (χ0n) is 17.8. The highest BCUT2D eigenvalue weighted by atomic mass is 16.1. The van der Waals surface area contributed by atoms with Crippen molar-refractivity contribution in [1.82, 2.24) is 19.9 Å². The fourth-order valence-corrected chi connectivity index (χ4v) is 4.46. The highest BCUT2D eigenvalue weighted by Gasteiger charge is 2.22. The molecule has 0 aliphatic carbocycles. The second-order valence-electron chi connectivity index (χ2n) is 8.16. The number of imidazole rings is 1. The summed E-state index contributed by atoms with van der Waals surface area (Å²) in [6.07, 6.45) is 3.13. The highest BCUT2D eigenvalue weighted by molar-refractivity contribution is 6.02. The number of pyridine rings is 1. The van der Waals surface area contributed by atoms with Crippen molar-refractivity contribution < 1.29 is 4.79 Å². The molecular formula is C25H27N5O. The number of amides is 1. The zero-order valence-corrected chi connectivity index (χ0v) is 17.8. The van der Waals surface area contributed by atoms with E-state index in [4.69, 9.17) is 4.98 Å². The van der Waals surface area contributed by atoms with E-state index >= 15 is 0 Å². The number of aromatic nitrogens is 3. The van der Waals surface area contributed by atoms with Crippen molar-refractivity contribution in [2.45, 2.75) is 32.7 Å². The third kappa shape index (κ3) is 3.85. The van der Waals surface area contributed by atoms with Crippen molar-refractivity contribution in [2.75, 3.05) is 24.5 Å². The number of nitrogens with zero attached hydrogens (tertiary/aromatic N) is 4. The Balaban J connectivity index is 1.31. The average Bonchev–Trinajstić information content (AvgIpc) is 3.43. The van der Waals surface area contributed by atoms with Crippen LogP contribution in [0, 0.1) is 6.92 Å². The fourth-order valence-electron chi connectivity index (χ4n) is 4.46. The van der Waals surface area contributed by atoms with Crippen LogP contribution in [0.15, 0.2) is 54.6 Å². The lowest BCUT2D eigenvalue weighted by atomic mass is 10.1. The van der Waals surface area contributed by atoms with E-state index in [-0.39, 0.29) is 5.91 Å². The number of aryl methyl sites for hydroxylation is 2. The molecule has 1 saturated heterocycles. The summed E-state index contributed by atoms with van der Waals surface area (Å²) in [6.45, 7) is 5.37. The summed E-state index contributed by atoms with van der Waals surface area (Å²) in [5.41, 5.74) is 3.76. The van der Waals surface area contributed by atoms with E-state index in [2.05, 4.69) is 25.8 Å². The molecule has 158 valence electrons. The molecule has 1 fully saturated rings. The van der Waals surface area contributed by atoms with Crippen LogP contribution in [0.1, 0.15) is 35.4 Å². The molecule has 1 amide bonds. The zero-order chi connectivity index (χ0) is 21.2. The van der Waals surface area contributed by atoms with Gasteiger partial charge in [0.05, 0.1) is 22.1 Å². The maximum absolute atomic E-state index is 13.1. The first-order valence-corrected chi connectivity index (χ1v) is 11.1. The van der Waals surface area contributed by atoms with Crippen LogP contribution in [0.2, 0.25) is 0 Å². The Morgan fingerprint density at radius 2 is 1.74 bits per heavy atom. The van der Waals surface area contributed by atoms with E-state index in [1.165, 1.54) is 0 Å². The Hall–Kier alpha value is -3.41. The van der Waals surface area contributed by atoms with Crippen molar-refractivity contribution in [3.63, 3.8) is 0 Å². The third-order valence-electron chi connectivity index (χ3n) is 6.04. The van der Waals surface area contributed by atoms with Crippen LogP contribution in [0.3, 0.4) is 0 Å². The molecule has 0 radical (unpaired) electrons. The van der Waals surface area contributed by atoms with Gasteiger partial charge in [-0.3, -0.25) is 4.79 Å². The van der Waals surface area contributed by atoms with Crippen LogP contribution >= 0.6 is 0 Å². The Bertz CT molecular complexity index is 1240. The van der Waals surface area contributed by atoms with E-state index < -0.39 is 0 Å². The second kappa shape index (κ2) is 8.38. The van der Waals surface area contributed by atoms with Gasteiger partial charge in [0.25, 0.3) is 5.91 Å². The number of carbonyl (C=O) groups excluding carboxylic acids is 1. The molecule has 3 heterocycles. The fraction of sp³-hybridized carbons (Fsp3) is 0.320. The van der Waals surface area contributed by atoms with Crippen LogP contribution in [0.4, 0.5) is 5.82 Å². The Morgan fingerprint density at radius 3 is 2.58 bits per heavy atom. The molecule has 0 saturated carbocycles. The second-order valence-corrected chi connectivity index (χ2v) is 8.16. The molecule has 1 N–H and O–H groups in total. The largest absolute Gasteiger partial charge is 0.356 e. The molecule has 1 aliphatic rings. The van der Waals surface area contributed by atoms with Gasteiger partial charge in [0.15, 0.2) is 0 Å². The predicted molar refractivity (Wildman–Crippen MR) is 125 cm³/mol. The number of para-hydroxylation sites is 3. The van der Waals surface area contributed by atoms with Crippen LogP contribution in [-0.4, -0.2) is 40.1 Å². The molecule has 0 atom stereocenters. The molecule has 6 heteroatoms. The molecule has 0 bridgehead atoms. The normalized spacial score (nSPS) is 13.9. The van der Waals surface area contributed by atoms with Gasteiger partial charge < -0.3 is 14.8 Å². The minimum absolute atomic E-state index is 0.0487. The van der Waals surface area contributed by atoms with Gasteiger partial charge in [-0.1, -0.05) is 30.3 Å². The monoisotopic (exact) mass is 413 g/mol. The predicted octanol–water partition coefficient (Wildman–Crippen LogP) is 4.31. The summed E-state index contributed by atoms with van der Waals surface area (Å²) >= 11 is 0. The molecule has 31 heavy (non-hydrogen) atoms. The van der Waals surface area contributed by atoms with E-state index in [9.17, 15) is 4.79 Å². The van der Waals surface area contributed by atoms with E-state index in [0.29, 0.717) is 12.1 Å². The smallest absolute Gasteiger partial charge is 0.255 e. The van der Waals surface area contributed by atoms with Crippen LogP contribution < -0.4 is 10.2 Å². The van der Waals surface area contributed by atoms with Crippen LogP contribution in [-0.2, 0) is 6.54 Å². The highest BCUT2D eigenvalue weighted by Crippen LogP contribution is 2.26. The van der Waals surface area contributed by atoms with Crippen molar-refractivity contribution in [3.8, 4) is 0 Å². The van der Waals surface area contributed by atoms with E-state index in [0.717, 1.165) is 72.5 Å². The van der Waals surface area contributed by atoms with Gasteiger partial charge in [-0.15, -0.1) is 0 Å². The topological polar surface area (TPSA) is 63.1 Å². The molecule has 0 spiro atoms. The van der Waals surface area contributed by atoms with E-state index in [1.54, 1.807) is 0 Å². The molecule has 2 aromatic heterocycles. The van der Waals surface area contributed by atoms with Gasteiger partial charge in [0, 0.05) is 31.6 Å². The van der Waals surface area contributed by atoms with Gasteiger partial charge in [-0.05, 0) is 50.5 Å². The van der Waals surface area contributed by atoms with Crippen molar-refractivity contribution in [2.24, 2.45) is 0 Å². The molecule has 0 unspecified atom stereocenters. The first kappa shape index (κ1) is 19.5. The van der Waals surface area contributed by atoms with E-state index in [1.807, 2.05) is 55.5 Å². The molecule has 2 aromatic carbocycles. The number of fused-ring (bicyclic) bond motifs is 2. The van der Waals surface area contributed by atoms with Gasteiger partial charge in [0.1, 0.15) is 11.6 Å². The number of anilines is 1. The van der Waals surface area contributed by atoms with Gasteiger partial charge in [-0.2, -0.15) is 0 Å². The molecule has 4 aromatic rings. The summed E-state index contributed by atoms with van der Waals surface area (Å²) in [5, 5.41) is 4.11. The maximum Gasteiger partial charge on any atom is 0.255 e. The lowest BCUT2D eigenvalue weighted by Crippen LogP contribution is -2.29. The van der Waals surface area contributed by atoms with Crippen LogP contribution in [0.25, 0.3) is 21.9 Å². The number of benzene rings is 2. The number of rotatable bonds is 6. The number of nitrogens with one attached hydrogen (secondary N) is 1. The Labute approximate surface area is 181 Å². The third-order valence-corrected chi connectivity index (χ3v) is 6.04. The first-order chi connectivity index (χ1) is 15.2. The van der Waals surface area contributed by atoms with Crippen molar-refractivity contribution >= 4 is 33.7 Å². The maximum atomic E-state index is 13.1.